The van der Waals surface area contributed by atoms with Gasteiger partial charge in [-0.15, -0.1) is 0 Å². The Morgan fingerprint density at radius 1 is 1.21 bits per heavy atom. The summed E-state index contributed by atoms with van der Waals surface area (Å²) in [7, 11) is 0. The molecule has 5 rings (SSSR count). The summed E-state index contributed by atoms with van der Waals surface area (Å²) >= 11 is 0. The summed E-state index contributed by atoms with van der Waals surface area (Å²) in [4.78, 5) is 19.4. The first-order chi connectivity index (χ1) is 11.7. The number of fused-ring (bicyclic) bond motifs is 2. The molecule has 2 heterocycles. The van der Waals surface area contributed by atoms with Gasteiger partial charge in [-0.25, -0.2) is 4.98 Å². The van der Waals surface area contributed by atoms with Gasteiger partial charge in [-0.05, 0) is 42.0 Å². The largest absolute Gasteiger partial charge is 0.398 e. The lowest BCUT2D eigenvalue weighted by atomic mass is 9.94. The Labute approximate surface area is 136 Å². The average molecular weight is 317 g/mol. The topological polar surface area (TPSA) is 100 Å². The summed E-state index contributed by atoms with van der Waals surface area (Å²) in [5.41, 5.74) is 11.3. The average Bonchev–Trinajstić information content (AvgIpc) is 3.31. The minimum atomic E-state index is -0.194. The summed E-state index contributed by atoms with van der Waals surface area (Å²) < 4.78 is 0. The van der Waals surface area contributed by atoms with Gasteiger partial charge in [-0.2, -0.15) is 5.10 Å². The molecule has 6 nitrogen and oxygen atoms in total. The van der Waals surface area contributed by atoms with Crippen molar-refractivity contribution in [1.29, 1.82) is 0 Å². The maximum atomic E-state index is 12.4. The number of nitrogens with one attached hydrogen (secondary N) is 2. The zero-order valence-electron chi connectivity index (χ0n) is 12.8. The van der Waals surface area contributed by atoms with Crippen LogP contribution in [0.5, 0.6) is 0 Å². The van der Waals surface area contributed by atoms with Crippen molar-refractivity contribution in [2.24, 2.45) is 0 Å². The minimum absolute atomic E-state index is 0.194. The second-order valence-corrected chi connectivity index (χ2v) is 6.29. The van der Waals surface area contributed by atoms with E-state index in [0.717, 1.165) is 46.0 Å². The molecule has 4 N–H and O–H groups in total. The number of aromatic amines is 2. The second kappa shape index (κ2) is 4.67. The van der Waals surface area contributed by atoms with Crippen LogP contribution in [0.2, 0.25) is 0 Å². The third kappa shape index (κ3) is 1.79. The number of rotatable bonds is 2. The molecule has 24 heavy (non-hydrogen) atoms. The smallest absolute Gasteiger partial charge is 0.260 e. The van der Waals surface area contributed by atoms with Crippen LogP contribution in [0.25, 0.3) is 32.9 Å². The number of aromatic nitrogens is 4. The Morgan fingerprint density at radius 3 is 2.92 bits per heavy atom. The quantitative estimate of drug-likeness (QED) is 0.495. The van der Waals surface area contributed by atoms with Crippen LogP contribution in [0.3, 0.4) is 0 Å². The first-order valence-corrected chi connectivity index (χ1v) is 7.96. The van der Waals surface area contributed by atoms with Gasteiger partial charge in [0.15, 0.2) is 0 Å². The summed E-state index contributed by atoms with van der Waals surface area (Å²) in [6.07, 6.45) is 5.50. The lowest BCUT2D eigenvalue weighted by Crippen LogP contribution is -2.11. The highest BCUT2D eigenvalue weighted by molar-refractivity contribution is 6.05. The van der Waals surface area contributed by atoms with Crippen molar-refractivity contribution in [3.63, 3.8) is 0 Å². The van der Waals surface area contributed by atoms with Gasteiger partial charge in [0.25, 0.3) is 5.56 Å². The molecule has 0 aliphatic heterocycles. The Hall–Kier alpha value is -3.15. The van der Waals surface area contributed by atoms with Gasteiger partial charge in [-0.3, -0.25) is 9.89 Å². The standard InChI is InChI=1S/C18H15N5O/c19-16-12(10-2-1-3-14-13(10)7-22-23-14)6-11(9-4-5-9)17-15(16)18(24)21-8-20-17/h1-3,6-9H,4-5,19H2,(H,22,23)(H,20,21,24). The van der Waals surface area contributed by atoms with E-state index in [-0.39, 0.29) is 5.56 Å². The highest BCUT2D eigenvalue weighted by Gasteiger charge is 2.28. The molecule has 0 bridgehead atoms. The van der Waals surface area contributed by atoms with E-state index < -0.39 is 0 Å². The van der Waals surface area contributed by atoms with E-state index in [4.69, 9.17) is 5.73 Å². The van der Waals surface area contributed by atoms with E-state index in [1.54, 1.807) is 6.20 Å². The number of nitrogens with two attached hydrogens (primary N) is 1. The van der Waals surface area contributed by atoms with Crippen molar-refractivity contribution in [3.05, 3.63) is 52.7 Å². The van der Waals surface area contributed by atoms with Gasteiger partial charge in [0.2, 0.25) is 0 Å². The monoisotopic (exact) mass is 317 g/mol. The molecule has 0 radical (unpaired) electrons. The fraction of sp³-hybridized carbons (Fsp3) is 0.167. The highest BCUT2D eigenvalue weighted by Crippen LogP contribution is 2.46. The van der Waals surface area contributed by atoms with E-state index >= 15 is 0 Å². The van der Waals surface area contributed by atoms with Gasteiger partial charge in [-0.1, -0.05) is 12.1 Å². The fourth-order valence-corrected chi connectivity index (χ4v) is 3.44. The lowest BCUT2D eigenvalue weighted by molar-refractivity contribution is 1.11. The molecule has 6 heteroatoms. The number of anilines is 1. The van der Waals surface area contributed by atoms with Gasteiger partial charge >= 0.3 is 0 Å². The lowest BCUT2D eigenvalue weighted by Gasteiger charge is -2.13. The van der Waals surface area contributed by atoms with Crippen LogP contribution in [0, 0.1) is 0 Å². The molecule has 1 fully saturated rings. The molecule has 2 aromatic carbocycles. The summed E-state index contributed by atoms with van der Waals surface area (Å²) in [6, 6.07) is 8.04. The van der Waals surface area contributed by atoms with Crippen LogP contribution >= 0.6 is 0 Å². The van der Waals surface area contributed by atoms with Crippen molar-refractivity contribution < 1.29 is 0 Å². The number of nitrogens with zero attached hydrogens (tertiary/aromatic N) is 2. The van der Waals surface area contributed by atoms with E-state index in [1.165, 1.54) is 6.33 Å². The molecular formula is C18H15N5O. The summed E-state index contributed by atoms with van der Waals surface area (Å²) in [5.74, 6) is 0.463. The molecule has 1 aliphatic carbocycles. The predicted molar refractivity (Wildman–Crippen MR) is 93.8 cm³/mol. The molecule has 0 unspecified atom stereocenters. The molecule has 0 atom stereocenters. The van der Waals surface area contributed by atoms with Gasteiger partial charge in [0.1, 0.15) is 0 Å². The molecule has 1 aliphatic rings. The minimum Gasteiger partial charge on any atom is -0.398 e. The van der Waals surface area contributed by atoms with Crippen molar-refractivity contribution in [3.8, 4) is 11.1 Å². The molecule has 2 aromatic heterocycles. The Kier molecular flexibility index (Phi) is 2.59. The number of H-pyrrole nitrogens is 2. The zero-order valence-corrected chi connectivity index (χ0v) is 12.8. The van der Waals surface area contributed by atoms with Crippen LogP contribution in [0.15, 0.2) is 41.6 Å². The fourth-order valence-electron chi connectivity index (χ4n) is 3.44. The maximum absolute atomic E-state index is 12.4. The van der Waals surface area contributed by atoms with Gasteiger partial charge < -0.3 is 10.7 Å². The SMILES string of the molecule is Nc1c(-c2cccc3[nH]ncc23)cc(C2CC2)c2nc[nH]c(=O)c12. The highest BCUT2D eigenvalue weighted by atomic mass is 16.1. The van der Waals surface area contributed by atoms with Crippen LogP contribution in [0.1, 0.15) is 24.3 Å². The van der Waals surface area contributed by atoms with E-state index in [2.05, 4.69) is 26.2 Å². The van der Waals surface area contributed by atoms with Crippen molar-refractivity contribution in [2.45, 2.75) is 18.8 Å². The van der Waals surface area contributed by atoms with Gasteiger partial charge in [0.05, 0.1) is 34.6 Å². The third-order valence-electron chi connectivity index (χ3n) is 4.78. The summed E-state index contributed by atoms with van der Waals surface area (Å²) in [5, 5.41) is 8.57. The van der Waals surface area contributed by atoms with Crippen molar-refractivity contribution in [2.75, 3.05) is 5.73 Å². The molecule has 0 saturated heterocycles. The van der Waals surface area contributed by atoms with Crippen LogP contribution < -0.4 is 11.3 Å². The first kappa shape index (κ1) is 13.3. The van der Waals surface area contributed by atoms with Crippen molar-refractivity contribution in [1.82, 2.24) is 20.2 Å². The molecule has 4 aromatic rings. The number of nitrogen functional groups attached to an aromatic ring is 1. The Balaban J connectivity index is 1.93. The number of hydrogen-bond donors (Lipinski definition) is 3. The van der Waals surface area contributed by atoms with Crippen LogP contribution in [-0.4, -0.2) is 20.2 Å². The molecule has 1 saturated carbocycles. The molecule has 118 valence electrons. The van der Waals surface area contributed by atoms with Crippen LogP contribution in [-0.2, 0) is 0 Å². The Bertz CT molecular complexity index is 1150. The van der Waals surface area contributed by atoms with E-state index in [1.807, 2.05) is 18.2 Å². The van der Waals surface area contributed by atoms with Gasteiger partial charge in [0, 0.05) is 10.9 Å². The van der Waals surface area contributed by atoms with Crippen molar-refractivity contribution >= 4 is 27.5 Å². The Morgan fingerprint density at radius 2 is 2.08 bits per heavy atom. The van der Waals surface area contributed by atoms with Crippen LogP contribution in [0.4, 0.5) is 5.69 Å². The third-order valence-corrected chi connectivity index (χ3v) is 4.78. The zero-order chi connectivity index (χ0) is 16.3. The second-order valence-electron chi connectivity index (χ2n) is 6.29. The predicted octanol–water partition coefficient (Wildman–Crippen LogP) is 2.93. The van der Waals surface area contributed by atoms with E-state index in [9.17, 15) is 4.79 Å². The summed E-state index contributed by atoms with van der Waals surface area (Å²) in [6.45, 7) is 0. The number of hydrogen-bond acceptors (Lipinski definition) is 4. The number of benzene rings is 2. The molecule has 0 amide bonds. The molecular weight excluding hydrogens is 302 g/mol. The maximum Gasteiger partial charge on any atom is 0.260 e. The molecule has 0 spiro atoms. The first-order valence-electron chi connectivity index (χ1n) is 7.96. The van der Waals surface area contributed by atoms with E-state index in [0.29, 0.717) is 17.0 Å². The normalized spacial score (nSPS) is 14.5.